The van der Waals surface area contributed by atoms with Gasteiger partial charge in [0.2, 0.25) is 0 Å². The highest BCUT2D eigenvalue weighted by molar-refractivity contribution is 5.97. The van der Waals surface area contributed by atoms with Gasteiger partial charge in [-0.3, -0.25) is 9.59 Å². The van der Waals surface area contributed by atoms with Gasteiger partial charge in [0.05, 0.1) is 18.2 Å². The highest BCUT2D eigenvalue weighted by atomic mass is 19.1. The molecule has 1 saturated heterocycles. The number of hydrogen-bond donors (Lipinski definition) is 1. The molecule has 2 heterocycles. The molecule has 1 aliphatic rings. The van der Waals surface area contributed by atoms with E-state index >= 15 is 0 Å². The topological polar surface area (TPSA) is 65.6 Å². The van der Waals surface area contributed by atoms with Gasteiger partial charge in [0.25, 0.3) is 11.8 Å². The van der Waals surface area contributed by atoms with Crippen molar-refractivity contribution in [3.63, 3.8) is 0 Å². The molecule has 0 aliphatic carbocycles. The number of ether oxygens (including phenoxy) is 1. The first-order chi connectivity index (χ1) is 11.6. The fourth-order valence-electron chi connectivity index (χ4n) is 2.77. The Labute approximate surface area is 138 Å². The van der Waals surface area contributed by atoms with Crippen LogP contribution in [0.1, 0.15) is 20.7 Å². The number of carbonyl (C=O) groups is 2. The fourth-order valence-corrected chi connectivity index (χ4v) is 2.77. The first-order valence-electron chi connectivity index (χ1n) is 7.65. The zero-order valence-corrected chi connectivity index (χ0v) is 13.3. The minimum atomic E-state index is -0.486. The molecule has 1 aliphatic heterocycles. The minimum Gasteiger partial charge on any atom is -0.496 e. The second-order valence-electron chi connectivity index (χ2n) is 5.53. The molecule has 0 atom stereocenters. The molecular weight excluding hydrogens is 313 g/mol. The monoisotopic (exact) mass is 331 g/mol. The van der Waals surface area contributed by atoms with Crippen LogP contribution >= 0.6 is 0 Å². The third-order valence-corrected chi connectivity index (χ3v) is 4.09. The summed E-state index contributed by atoms with van der Waals surface area (Å²) in [5, 5.41) is 0. The van der Waals surface area contributed by atoms with Gasteiger partial charge < -0.3 is 19.5 Å². The highest BCUT2D eigenvalue weighted by Gasteiger charge is 2.27. The van der Waals surface area contributed by atoms with E-state index in [2.05, 4.69) is 4.98 Å². The lowest BCUT2D eigenvalue weighted by atomic mass is 10.1. The third kappa shape index (κ3) is 3.10. The molecule has 0 unspecified atom stereocenters. The lowest BCUT2D eigenvalue weighted by molar-refractivity contribution is 0.0533. The van der Waals surface area contributed by atoms with E-state index in [4.69, 9.17) is 4.74 Å². The van der Waals surface area contributed by atoms with Crippen LogP contribution < -0.4 is 4.74 Å². The zero-order valence-electron chi connectivity index (χ0n) is 13.3. The van der Waals surface area contributed by atoms with Gasteiger partial charge in [0, 0.05) is 38.6 Å². The van der Waals surface area contributed by atoms with Crippen molar-refractivity contribution in [1.29, 1.82) is 0 Å². The summed E-state index contributed by atoms with van der Waals surface area (Å²) in [6.07, 6.45) is 3.35. The van der Waals surface area contributed by atoms with E-state index in [9.17, 15) is 14.0 Å². The number of methoxy groups -OCH3 is 1. The predicted molar refractivity (Wildman–Crippen MR) is 85.6 cm³/mol. The molecule has 0 saturated carbocycles. The molecule has 2 amide bonds. The number of nitrogens with zero attached hydrogens (tertiary/aromatic N) is 2. The van der Waals surface area contributed by atoms with Crippen LogP contribution in [-0.4, -0.2) is 59.9 Å². The van der Waals surface area contributed by atoms with E-state index in [1.54, 1.807) is 28.3 Å². The number of benzene rings is 1. The number of nitrogens with one attached hydrogen (secondary N) is 1. The van der Waals surface area contributed by atoms with Crippen molar-refractivity contribution >= 4 is 11.8 Å². The van der Waals surface area contributed by atoms with Crippen molar-refractivity contribution in [2.75, 3.05) is 33.3 Å². The maximum absolute atomic E-state index is 13.5. The van der Waals surface area contributed by atoms with E-state index in [0.717, 1.165) is 0 Å². The van der Waals surface area contributed by atoms with E-state index in [-0.39, 0.29) is 17.4 Å². The Morgan fingerprint density at radius 2 is 1.75 bits per heavy atom. The quantitative estimate of drug-likeness (QED) is 0.932. The van der Waals surface area contributed by atoms with E-state index in [1.165, 1.54) is 25.3 Å². The Balaban J connectivity index is 1.67. The number of hydrogen-bond acceptors (Lipinski definition) is 3. The summed E-state index contributed by atoms with van der Waals surface area (Å²) in [5.41, 5.74) is 0.796. The molecule has 2 aromatic rings. The number of halogens is 1. The van der Waals surface area contributed by atoms with Crippen molar-refractivity contribution in [1.82, 2.24) is 14.8 Å². The Hall–Kier alpha value is -2.83. The van der Waals surface area contributed by atoms with Crippen molar-refractivity contribution in [2.45, 2.75) is 0 Å². The highest BCUT2D eigenvalue weighted by Crippen LogP contribution is 2.22. The summed E-state index contributed by atoms with van der Waals surface area (Å²) in [6, 6.07) is 5.59. The van der Waals surface area contributed by atoms with Crippen LogP contribution in [0.4, 0.5) is 4.39 Å². The van der Waals surface area contributed by atoms with Crippen molar-refractivity contribution < 1.29 is 18.7 Å². The van der Waals surface area contributed by atoms with Crippen LogP contribution in [0.5, 0.6) is 5.75 Å². The third-order valence-electron chi connectivity index (χ3n) is 4.09. The smallest absolute Gasteiger partial charge is 0.257 e. The van der Waals surface area contributed by atoms with Gasteiger partial charge in [-0.25, -0.2) is 4.39 Å². The maximum Gasteiger partial charge on any atom is 0.257 e. The van der Waals surface area contributed by atoms with E-state index in [1.807, 2.05) is 0 Å². The van der Waals surface area contributed by atoms with Crippen LogP contribution in [-0.2, 0) is 0 Å². The lowest BCUT2D eigenvalue weighted by Gasteiger charge is -2.34. The molecule has 1 aromatic carbocycles. The summed E-state index contributed by atoms with van der Waals surface area (Å²) >= 11 is 0. The van der Waals surface area contributed by atoms with Crippen molar-refractivity contribution in [3.05, 3.63) is 53.6 Å². The number of piperazine rings is 1. The molecular formula is C17H18FN3O3. The van der Waals surface area contributed by atoms with Gasteiger partial charge in [0.15, 0.2) is 0 Å². The normalized spacial score (nSPS) is 14.6. The number of aromatic amines is 1. The summed E-state index contributed by atoms with van der Waals surface area (Å²) in [7, 11) is 1.44. The summed E-state index contributed by atoms with van der Waals surface area (Å²) in [6.45, 7) is 1.67. The standard InChI is InChI=1S/C17H18FN3O3/c1-24-15-3-2-13(18)10-14(15)17(23)21-8-6-20(7-9-21)16(22)12-4-5-19-11-12/h2-5,10-11,19H,6-9H2,1H3. The average Bonchev–Trinajstić information content (AvgIpc) is 3.15. The number of H-pyrrole nitrogens is 1. The second-order valence-corrected chi connectivity index (χ2v) is 5.53. The molecule has 24 heavy (non-hydrogen) atoms. The zero-order chi connectivity index (χ0) is 17.1. The largest absolute Gasteiger partial charge is 0.496 e. The molecule has 0 radical (unpaired) electrons. The van der Waals surface area contributed by atoms with Gasteiger partial charge in [-0.2, -0.15) is 0 Å². The fraction of sp³-hybridized carbons (Fsp3) is 0.294. The Kier molecular flexibility index (Phi) is 4.50. The molecule has 1 N–H and O–H groups in total. The Morgan fingerprint density at radius 1 is 1.08 bits per heavy atom. The lowest BCUT2D eigenvalue weighted by Crippen LogP contribution is -2.50. The summed E-state index contributed by atoms with van der Waals surface area (Å²) < 4.78 is 18.6. The van der Waals surface area contributed by atoms with Crippen LogP contribution in [0.15, 0.2) is 36.7 Å². The number of aromatic nitrogens is 1. The van der Waals surface area contributed by atoms with Crippen LogP contribution in [0.2, 0.25) is 0 Å². The predicted octanol–water partition coefficient (Wildman–Crippen LogP) is 1.76. The van der Waals surface area contributed by atoms with Crippen LogP contribution in [0, 0.1) is 5.82 Å². The molecule has 1 fully saturated rings. The Bertz CT molecular complexity index is 738. The van der Waals surface area contributed by atoms with Gasteiger partial charge in [-0.05, 0) is 24.3 Å². The minimum absolute atomic E-state index is 0.0633. The van der Waals surface area contributed by atoms with Gasteiger partial charge in [-0.1, -0.05) is 0 Å². The van der Waals surface area contributed by atoms with Crippen molar-refractivity contribution in [2.24, 2.45) is 0 Å². The Morgan fingerprint density at radius 3 is 2.33 bits per heavy atom. The molecule has 7 heteroatoms. The van der Waals surface area contributed by atoms with E-state index in [0.29, 0.717) is 37.5 Å². The summed E-state index contributed by atoms with van der Waals surface area (Å²) in [5.74, 6) is -0.501. The number of rotatable bonds is 3. The van der Waals surface area contributed by atoms with E-state index < -0.39 is 5.82 Å². The second kappa shape index (κ2) is 6.74. The summed E-state index contributed by atoms with van der Waals surface area (Å²) in [4.78, 5) is 31.1. The SMILES string of the molecule is COc1ccc(F)cc1C(=O)N1CCN(C(=O)c2cc[nH]c2)CC1. The van der Waals surface area contributed by atoms with Gasteiger partial charge in [-0.15, -0.1) is 0 Å². The average molecular weight is 331 g/mol. The molecule has 6 nitrogen and oxygen atoms in total. The first kappa shape index (κ1) is 16.0. The first-order valence-corrected chi connectivity index (χ1v) is 7.65. The molecule has 1 aromatic heterocycles. The van der Waals surface area contributed by atoms with Crippen LogP contribution in [0.3, 0.4) is 0 Å². The molecule has 0 spiro atoms. The molecule has 3 rings (SSSR count). The number of amides is 2. The van der Waals surface area contributed by atoms with Gasteiger partial charge >= 0.3 is 0 Å². The molecule has 0 bridgehead atoms. The van der Waals surface area contributed by atoms with Crippen LogP contribution in [0.25, 0.3) is 0 Å². The number of carbonyl (C=O) groups excluding carboxylic acids is 2. The molecule has 126 valence electrons. The van der Waals surface area contributed by atoms with Crippen molar-refractivity contribution in [3.8, 4) is 5.75 Å². The van der Waals surface area contributed by atoms with Gasteiger partial charge in [0.1, 0.15) is 11.6 Å². The maximum atomic E-state index is 13.5.